The largest absolute Gasteiger partial charge is 0.328 e. The van der Waals surface area contributed by atoms with Gasteiger partial charge in [-0.1, -0.05) is 13.3 Å². The normalized spacial score (nSPS) is 46.6. The lowest BCUT2D eigenvalue weighted by Crippen LogP contribution is -2.28. The van der Waals surface area contributed by atoms with Gasteiger partial charge in [0.15, 0.2) is 0 Å². The van der Waals surface area contributed by atoms with Crippen LogP contribution in [0.4, 0.5) is 0 Å². The van der Waals surface area contributed by atoms with Gasteiger partial charge in [0.1, 0.15) is 0 Å². The molecule has 2 aliphatic carbocycles. The van der Waals surface area contributed by atoms with Crippen LogP contribution >= 0.6 is 0 Å². The van der Waals surface area contributed by atoms with Gasteiger partial charge in [0, 0.05) is 6.04 Å². The molecule has 0 bridgehead atoms. The van der Waals surface area contributed by atoms with E-state index >= 15 is 0 Å². The summed E-state index contributed by atoms with van der Waals surface area (Å²) in [5, 5.41) is 0. The molecule has 2 N–H and O–H groups in total. The molecule has 0 amide bonds. The van der Waals surface area contributed by atoms with Gasteiger partial charge >= 0.3 is 0 Å². The average Bonchev–Trinajstić information content (AvgIpc) is 2.37. The summed E-state index contributed by atoms with van der Waals surface area (Å²) in [6.07, 6.45) is 5.81. The van der Waals surface area contributed by atoms with Gasteiger partial charge in [0.05, 0.1) is 0 Å². The van der Waals surface area contributed by atoms with Gasteiger partial charge in [-0.2, -0.15) is 0 Å². The maximum Gasteiger partial charge on any atom is 0.00442 e. The first kappa shape index (κ1) is 7.60. The van der Waals surface area contributed by atoms with Crippen LogP contribution in [-0.4, -0.2) is 6.04 Å². The molecule has 2 saturated carbocycles. The van der Waals surface area contributed by atoms with Crippen molar-refractivity contribution < 1.29 is 0 Å². The Labute approximate surface area is 69.4 Å². The van der Waals surface area contributed by atoms with Crippen molar-refractivity contribution in [2.75, 3.05) is 0 Å². The van der Waals surface area contributed by atoms with Gasteiger partial charge in [-0.05, 0) is 43.4 Å². The molecule has 1 heteroatoms. The van der Waals surface area contributed by atoms with E-state index in [0.29, 0.717) is 11.5 Å². The summed E-state index contributed by atoms with van der Waals surface area (Å²) in [7, 11) is 0. The Bertz CT molecular complexity index is 160. The van der Waals surface area contributed by atoms with Gasteiger partial charge < -0.3 is 5.73 Å². The highest BCUT2D eigenvalue weighted by atomic mass is 14.7. The van der Waals surface area contributed by atoms with Crippen LogP contribution in [0.2, 0.25) is 0 Å². The van der Waals surface area contributed by atoms with Crippen molar-refractivity contribution in [1.29, 1.82) is 0 Å². The van der Waals surface area contributed by atoms with Crippen molar-refractivity contribution in [3.05, 3.63) is 0 Å². The van der Waals surface area contributed by atoms with E-state index < -0.39 is 0 Å². The second-order valence-corrected chi connectivity index (χ2v) is 4.80. The Morgan fingerprint density at radius 2 is 2.09 bits per heavy atom. The molecular weight excluding hydrogens is 134 g/mol. The van der Waals surface area contributed by atoms with Crippen molar-refractivity contribution >= 4 is 0 Å². The molecule has 0 radical (unpaired) electrons. The van der Waals surface area contributed by atoms with Crippen LogP contribution in [0, 0.1) is 17.3 Å². The first-order valence-electron chi connectivity index (χ1n) is 4.90. The standard InChI is InChI=1S/C10H19N/c1-7(11)9-6-10(9,2)8-4-3-5-8/h7-9H,3-6,11H2,1-2H3. The summed E-state index contributed by atoms with van der Waals surface area (Å²) in [6.45, 7) is 4.60. The second kappa shape index (κ2) is 2.22. The number of nitrogens with two attached hydrogens (primary N) is 1. The second-order valence-electron chi connectivity index (χ2n) is 4.80. The van der Waals surface area contributed by atoms with E-state index in [9.17, 15) is 0 Å². The van der Waals surface area contributed by atoms with Crippen LogP contribution in [0.25, 0.3) is 0 Å². The van der Waals surface area contributed by atoms with Crippen LogP contribution in [0.5, 0.6) is 0 Å². The molecule has 0 saturated heterocycles. The Balaban J connectivity index is 1.94. The lowest BCUT2D eigenvalue weighted by molar-refractivity contribution is 0.180. The highest BCUT2D eigenvalue weighted by molar-refractivity contribution is 5.07. The Morgan fingerprint density at radius 1 is 1.45 bits per heavy atom. The average molecular weight is 153 g/mol. The van der Waals surface area contributed by atoms with Gasteiger partial charge in [0.2, 0.25) is 0 Å². The molecule has 0 aromatic carbocycles. The predicted molar refractivity (Wildman–Crippen MR) is 47.2 cm³/mol. The van der Waals surface area contributed by atoms with E-state index in [1.54, 1.807) is 0 Å². The monoisotopic (exact) mass is 153 g/mol. The zero-order valence-electron chi connectivity index (χ0n) is 7.64. The minimum absolute atomic E-state index is 0.431. The van der Waals surface area contributed by atoms with Gasteiger partial charge in [-0.3, -0.25) is 0 Å². The Hall–Kier alpha value is -0.0400. The highest BCUT2D eigenvalue weighted by Gasteiger charge is 2.57. The molecule has 0 aliphatic heterocycles. The van der Waals surface area contributed by atoms with E-state index in [1.807, 2.05) is 0 Å². The molecule has 0 aromatic rings. The number of hydrogen-bond acceptors (Lipinski definition) is 1. The molecule has 0 aromatic heterocycles. The van der Waals surface area contributed by atoms with E-state index in [1.165, 1.54) is 25.7 Å². The minimum Gasteiger partial charge on any atom is -0.328 e. The molecule has 64 valence electrons. The smallest absolute Gasteiger partial charge is 0.00442 e. The minimum atomic E-state index is 0.431. The van der Waals surface area contributed by atoms with E-state index in [0.717, 1.165) is 11.8 Å². The first-order chi connectivity index (χ1) is 5.14. The van der Waals surface area contributed by atoms with Gasteiger partial charge in [-0.25, -0.2) is 0 Å². The van der Waals surface area contributed by atoms with Gasteiger partial charge in [0.25, 0.3) is 0 Å². The summed E-state index contributed by atoms with van der Waals surface area (Å²) >= 11 is 0. The third-order valence-electron chi connectivity index (χ3n) is 4.02. The maximum atomic E-state index is 5.89. The quantitative estimate of drug-likeness (QED) is 0.646. The predicted octanol–water partition coefficient (Wildman–Crippen LogP) is 2.16. The van der Waals surface area contributed by atoms with Crippen molar-refractivity contribution in [2.24, 2.45) is 23.0 Å². The van der Waals surface area contributed by atoms with Crippen LogP contribution in [0.1, 0.15) is 39.5 Å². The summed E-state index contributed by atoms with van der Waals surface area (Å²) in [6, 6.07) is 0.431. The van der Waals surface area contributed by atoms with Crippen LogP contribution in [0.15, 0.2) is 0 Å². The first-order valence-corrected chi connectivity index (χ1v) is 4.90. The molecule has 0 heterocycles. The summed E-state index contributed by atoms with van der Waals surface area (Å²) < 4.78 is 0. The molecule has 3 atom stereocenters. The summed E-state index contributed by atoms with van der Waals surface area (Å²) in [4.78, 5) is 0. The number of hydrogen-bond donors (Lipinski definition) is 1. The molecule has 1 nitrogen and oxygen atoms in total. The van der Waals surface area contributed by atoms with Crippen molar-refractivity contribution in [1.82, 2.24) is 0 Å². The SMILES string of the molecule is CC(N)C1CC1(C)C1CCC1. The fourth-order valence-corrected chi connectivity index (χ4v) is 2.74. The summed E-state index contributed by atoms with van der Waals surface area (Å²) in [5.41, 5.74) is 6.55. The zero-order valence-corrected chi connectivity index (χ0v) is 7.64. The van der Waals surface area contributed by atoms with Gasteiger partial charge in [-0.15, -0.1) is 0 Å². The molecular formula is C10H19N. The molecule has 3 unspecified atom stereocenters. The topological polar surface area (TPSA) is 26.0 Å². The van der Waals surface area contributed by atoms with Crippen molar-refractivity contribution in [3.63, 3.8) is 0 Å². The molecule has 2 aliphatic rings. The third-order valence-corrected chi connectivity index (χ3v) is 4.02. The van der Waals surface area contributed by atoms with E-state index in [4.69, 9.17) is 5.73 Å². The fourth-order valence-electron chi connectivity index (χ4n) is 2.74. The fraction of sp³-hybridized carbons (Fsp3) is 1.00. The molecule has 2 fully saturated rings. The van der Waals surface area contributed by atoms with Crippen LogP contribution in [-0.2, 0) is 0 Å². The Kier molecular flexibility index (Phi) is 1.54. The lowest BCUT2D eigenvalue weighted by atomic mass is 9.73. The third kappa shape index (κ3) is 1.01. The van der Waals surface area contributed by atoms with Crippen molar-refractivity contribution in [2.45, 2.75) is 45.6 Å². The Morgan fingerprint density at radius 3 is 2.36 bits per heavy atom. The molecule has 0 spiro atoms. The van der Waals surface area contributed by atoms with Crippen LogP contribution in [0.3, 0.4) is 0 Å². The summed E-state index contributed by atoms with van der Waals surface area (Å²) in [5.74, 6) is 1.87. The zero-order chi connectivity index (χ0) is 8.06. The maximum absolute atomic E-state index is 5.89. The number of rotatable bonds is 2. The van der Waals surface area contributed by atoms with E-state index in [-0.39, 0.29) is 0 Å². The molecule has 2 rings (SSSR count). The molecule has 11 heavy (non-hydrogen) atoms. The lowest BCUT2D eigenvalue weighted by Gasteiger charge is -2.33. The van der Waals surface area contributed by atoms with E-state index in [2.05, 4.69) is 13.8 Å². The van der Waals surface area contributed by atoms with Crippen molar-refractivity contribution in [3.8, 4) is 0 Å². The highest BCUT2D eigenvalue weighted by Crippen LogP contribution is 2.63. The van der Waals surface area contributed by atoms with Crippen LogP contribution < -0.4 is 5.73 Å².